The molecule has 1 atom stereocenters. The van der Waals surface area contributed by atoms with Crippen LogP contribution in [0.5, 0.6) is 0 Å². The molecule has 1 aromatic heterocycles. The van der Waals surface area contributed by atoms with E-state index in [-0.39, 0.29) is 5.91 Å². The van der Waals surface area contributed by atoms with E-state index in [4.69, 9.17) is 0 Å². The van der Waals surface area contributed by atoms with E-state index in [1.807, 2.05) is 28.7 Å². The van der Waals surface area contributed by atoms with Gasteiger partial charge in [0.15, 0.2) is 0 Å². The third-order valence-corrected chi connectivity index (χ3v) is 3.78. The van der Waals surface area contributed by atoms with Gasteiger partial charge in [-0.2, -0.15) is 16.9 Å². The molecule has 0 radical (unpaired) electrons. The predicted octanol–water partition coefficient (Wildman–Crippen LogP) is 0.0944. The van der Waals surface area contributed by atoms with Crippen molar-refractivity contribution in [3.8, 4) is 0 Å². The second-order valence-corrected chi connectivity index (χ2v) is 5.20. The summed E-state index contributed by atoms with van der Waals surface area (Å²) >= 11 is 1.91. The Labute approximate surface area is 105 Å². The van der Waals surface area contributed by atoms with Crippen molar-refractivity contribution < 1.29 is 4.79 Å². The van der Waals surface area contributed by atoms with Crippen LogP contribution in [0.2, 0.25) is 0 Å². The molecule has 0 saturated carbocycles. The van der Waals surface area contributed by atoms with Crippen LogP contribution in [0.4, 0.5) is 0 Å². The van der Waals surface area contributed by atoms with Gasteiger partial charge < -0.3 is 10.6 Å². The highest BCUT2D eigenvalue weighted by atomic mass is 32.2. The first kappa shape index (κ1) is 12.4. The summed E-state index contributed by atoms with van der Waals surface area (Å²) in [6.45, 7) is 2.38. The Bertz CT molecular complexity index is 335. The van der Waals surface area contributed by atoms with Crippen LogP contribution in [-0.2, 0) is 11.3 Å². The number of nitrogens with one attached hydrogen (secondary N) is 2. The highest BCUT2D eigenvalue weighted by Crippen LogP contribution is 2.09. The molecule has 2 heterocycles. The van der Waals surface area contributed by atoms with Gasteiger partial charge in [0.1, 0.15) is 0 Å². The minimum atomic E-state index is 0.122. The van der Waals surface area contributed by atoms with Gasteiger partial charge in [0, 0.05) is 49.5 Å². The van der Waals surface area contributed by atoms with Crippen LogP contribution >= 0.6 is 11.8 Å². The van der Waals surface area contributed by atoms with E-state index >= 15 is 0 Å². The highest BCUT2D eigenvalue weighted by Gasteiger charge is 2.16. The molecule has 2 N–H and O–H groups in total. The number of carbonyl (C=O) groups is 1. The van der Waals surface area contributed by atoms with Crippen molar-refractivity contribution in [3.63, 3.8) is 0 Å². The Morgan fingerprint density at radius 1 is 1.65 bits per heavy atom. The molecule has 94 valence electrons. The molecule has 1 aromatic rings. The molecule has 6 heteroatoms. The maximum atomic E-state index is 11.6. The molecular weight excluding hydrogens is 236 g/mol. The molecule has 1 unspecified atom stereocenters. The normalized spacial score (nSPS) is 20.1. The lowest BCUT2D eigenvalue weighted by Gasteiger charge is -2.22. The zero-order valence-corrected chi connectivity index (χ0v) is 10.6. The zero-order chi connectivity index (χ0) is 11.9. The Morgan fingerprint density at radius 2 is 2.59 bits per heavy atom. The number of thioether (sulfide) groups is 1. The standard InChI is InChI=1S/C11H18N4OS/c16-11(8-10-9-17-7-4-12-10)13-3-6-15-5-1-2-14-15/h1-2,5,10,12H,3-4,6-9H2,(H,13,16). The van der Waals surface area contributed by atoms with E-state index in [2.05, 4.69) is 15.7 Å². The molecule has 17 heavy (non-hydrogen) atoms. The number of amides is 1. The Balaban J connectivity index is 1.60. The Hall–Kier alpha value is -1.01. The van der Waals surface area contributed by atoms with Crippen LogP contribution < -0.4 is 10.6 Å². The number of hydrogen-bond acceptors (Lipinski definition) is 4. The third-order valence-electron chi connectivity index (χ3n) is 2.65. The molecule has 1 aliphatic heterocycles. The Morgan fingerprint density at radius 3 is 3.29 bits per heavy atom. The summed E-state index contributed by atoms with van der Waals surface area (Å²) in [5, 5.41) is 10.4. The molecule has 0 aliphatic carbocycles. The first-order valence-corrected chi connectivity index (χ1v) is 7.05. The maximum absolute atomic E-state index is 11.6. The van der Waals surface area contributed by atoms with Crippen LogP contribution in [-0.4, -0.2) is 46.3 Å². The minimum Gasteiger partial charge on any atom is -0.354 e. The van der Waals surface area contributed by atoms with Crippen molar-refractivity contribution in [1.29, 1.82) is 0 Å². The van der Waals surface area contributed by atoms with Crippen molar-refractivity contribution in [1.82, 2.24) is 20.4 Å². The second-order valence-electron chi connectivity index (χ2n) is 4.05. The molecule has 1 amide bonds. The van der Waals surface area contributed by atoms with Crippen LogP contribution in [0, 0.1) is 0 Å². The first-order valence-electron chi connectivity index (χ1n) is 5.90. The molecule has 1 fully saturated rings. The van der Waals surface area contributed by atoms with Crippen LogP contribution in [0.3, 0.4) is 0 Å². The van der Waals surface area contributed by atoms with Gasteiger partial charge in [-0.1, -0.05) is 0 Å². The smallest absolute Gasteiger partial charge is 0.221 e. The average Bonchev–Trinajstić information content (AvgIpc) is 2.83. The fourth-order valence-electron chi connectivity index (χ4n) is 1.79. The van der Waals surface area contributed by atoms with E-state index in [0.717, 1.165) is 24.6 Å². The van der Waals surface area contributed by atoms with E-state index in [1.165, 1.54) is 0 Å². The molecule has 1 saturated heterocycles. The largest absolute Gasteiger partial charge is 0.354 e. The van der Waals surface area contributed by atoms with Crippen molar-refractivity contribution in [3.05, 3.63) is 18.5 Å². The van der Waals surface area contributed by atoms with E-state index in [0.29, 0.717) is 19.0 Å². The van der Waals surface area contributed by atoms with Gasteiger partial charge in [-0.3, -0.25) is 9.48 Å². The van der Waals surface area contributed by atoms with Crippen LogP contribution in [0.1, 0.15) is 6.42 Å². The highest BCUT2D eigenvalue weighted by molar-refractivity contribution is 7.99. The van der Waals surface area contributed by atoms with Gasteiger partial charge in [-0.05, 0) is 6.07 Å². The van der Waals surface area contributed by atoms with Crippen molar-refractivity contribution in [2.45, 2.75) is 19.0 Å². The average molecular weight is 254 g/mol. The molecule has 1 aliphatic rings. The monoisotopic (exact) mass is 254 g/mol. The summed E-state index contributed by atoms with van der Waals surface area (Å²) in [7, 11) is 0. The van der Waals surface area contributed by atoms with Gasteiger partial charge in [-0.25, -0.2) is 0 Å². The quantitative estimate of drug-likeness (QED) is 0.782. The lowest BCUT2D eigenvalue weighted by molar-refractivity contribution is -0.121. The van der Waals surface area contributed by atoms with Crippen LogP contribution in [0.15, 0.2) is 18.5 Å². The molecule has 2 rings (SSSR count). The molecule has 0 aromatic carbocycles. The molecule has 0 bridgehead atoms. The summed E-state index contributed by atoms with van der Waals surface area (Å²) in [4.78, 5) is 11.6. The minimum absolute atomic E-state index is 0.122. The molecule has 0 spiro atoms. The fraction of sp³-hybridized carbons (Fsp3) is 0.636. The van der Waals surface area contributed by atoms with Gasteiger partial charge in [0.25, 0.3) is 0 Å². The van der Waals surface area contributed by atoms with Crippen molar-refractivity contribution in [2.24, 2.45) is 0 Å². The van der Waals surface area contributed by atoms with Gasteiger partial charge in [0.05, 0.1) is 6.54 Å². The maximum Gasteiger partial charge on any atom is 0.221 e. The summed E-state index contributed by atoms with van der Waals surface area (Å²) < 4.78 is 1.81. The van der Waals surface area contributed by atoms with Gasteiger partial charge in [-0.15, -0.1) is 0 Å². The first-order chi connectivity index (χ1) is 8.34. The molecule has 5 nitrogen and oxygen atoms in total. The summed E-state index contributed by atoms with van der Waals surface area (Å²) in [5.41, 5.74) is 0. The van der Waals surface area contributed by atoms with Crippen molar-refractivity contribution in [2.75, 3.05) is 24.6 Å². The number of hydrogen-bond donors (Lipinski definition) is 2. The molecular formula is C11H18N4OS. The Kier molecular flexibility index (Phi) is 4.88. The SMILES string of the molecule is O=C(CC1CSCCN1)NCCn1cccn1. The lowest BCUT2D eigenvalue weighted by Crippen LogP contribution is -2.41. The summed E-state index contributed by atoms with van der Waals surface area (Å²) in [6.07, 6.45) is 4.21. The number of rotatable bonds is 5. The van der Waals surface area contributed by atoms with Crippen molar-refractivity contribution >= 4 is 17.7 Å². The number of carbonyl (C=O) groups excluding carboxylic acids is 1. The second kappa shape index (κ2) is 6.66. The topological polar surface area (TPSA) is 59.0 Å². The third kappa shape index (κ3) is 4.40. The zero-order valence-electron chi connectivity index (χ0n) is 9.76. The van der Waals surface area contributed by atoms with E-state index in [1.54, 1.807) is 6.20 Å². The summed E-state index contributed by atoms with van der Waals surface area (Å²) in [6, 6.07) is 2.21. The predicted molar refractivity (Wildman–Crippen MR) is 69.0 cm³/mol. The van der Waals surface area contributed by atoms with E-state index < -0.39 is 0 Å². The number of nitrogens with zero attached hydrogens (tertiary/aromatic N) is 2. The van der Waals surface area contributed by atoms with Crippen LogP contribution in [0.25, 0.3) is 0 Å². The van der Waals surface area contributed by atoms with Gasteiger partial charge in [0.2, 0.25) is 5.91 Å². The van der Waals surface area contributed by atoms with Gasteiger partial charge >= 0.3 is 0 Å². The fourth-order valence-corrected chi connectivity index (χ4v) is 2.74. The lowest BCUT2D eigenvalue weighted by atomic mass is 10.2. The summed E-state index contributed by atoms with van der Waals surface area (Å²) in [5.74, 6) is 2.31. The number of aromatic nitrogens is 2. The van der Waals surface area contributed by atoms with E-state index in [9.17, 15) is 4.79 Å².